The molecule has 0 bridgehead atoms. The average molecular weight is 1520 g/mol. The molecule has 17 aromatic carbocycles. The molecule has 0 radical (unpaired) electrons. The van der Waals surface area contributed by atoms with E-state index >= 15 is 0 Å². The fourth-order valence-electron chi connectivity index (χ4n) is 17.3. The van der Waals surface area contributed by atoms with E-state index < -0.39 is 0 Å². The molecule has 0 aliphatic carbocycles. The highest BCUT2D eigenvalue weighted by Gasteiger charge is 2.23. The first-order valence-electron chi connectivity index (χ1n) is 40.2. The zero-order valence-electron chi connectivity index (χ0n) is 64.8. The SMILES string of the molecule is Cc1ccc(-n2c3ccccc3c3cc(-c4ccc5c(c4)c4ccccc4n5-c4cccc(-c5nc(-c6ccccc6)nc(-c6ccccc6)n5)c4)ccc32)cc1.c1ccc(-c2cccc(-n3c4ccccc4c4cc(-c5ccc6c(c5)c5ccccc5n6-c5cccc(-c6nc(-c7ccccc7)nc(-c7ccccc7)n6)c5)ccc43)c2)cc1. The molecule has 0 saturated heterocycles. The van der Waals surface area contributed by atoms with E-state index in [1.165, 1.54) is 110 Å². The van der Waals surface area contributed by atoms with Crippen LogP contribution in [0.2, 0.25) is 0 Å². The summed E-state index contributed by atoms with van der Waals surface area (Å²) >= 11 is 0. The third-order valence-corrected chi connectivity index (χ3v) is 23.0. The lowest BCUT2D eigenvalue weighted by Gasteiger charge is -2.12. The van der Waals surface area contributed by atoms with Crippen LogP contribution >= 0.6 is 0 Å². The molecule has 23 rings (SSSR count). The van der Waals surface area contributed by atoms with Crippen molar-refractivity contribution >= 4 is 87.2 Å². The third-order valence-electron chi connectivity index (χ3n) is 23.0. The van der Waals surface area contributed by atoms with Crippen molar-refractivity contribution in [1.82, 2.24) is 48.2 Å². The predicted octanol–water partition coefficient (Wildman–Crippen LogP) is 27.4. The minimum Gasteiger partial charge on any atom is -0.309 e. The Balaban J connectivity index is 0.000000144. The summed E-state index contributed by atoms with van der Waals surface area (Å²) in [5.74, 6) is 3.84. The number of hydrogen-bond donors (Lipinski definition) is 0. The summed E-state index contributed by atoms with van der Waals surface area (Å²) in [6.45, 7) is 2.13. The first-order valence-corrected chi connectivity index (χ1v) is 40.2. The van der Waals surface area contributed by atoms with Crippen LogP contribution in [0.3, 0.4) is 0 Å². The maximum Gasteiger partial charge on any atom is 0.164 e. The summed E-state index contributed by atoms with van der Waals surface area (Å²) in [7, 11) is 0. The number of nitrogens with zero attached hydrogens (tertiary/aromatic N) is 10. The molecule has 0 saturated carbocycles. The highest BCUT2D eigenvalue weighted by atomic mass is 15.1. The van der Waals surface area contributed by atoms with E-state index in [1.807, 2.05) is 121 Å². The molecule has 23 aromatic rings. The largest absolute Gasteiger partial charge is 0.309 e. The molecular weight excluding hydrogens is 1450 g/mol. The van der Waals surface area contributed by atoms with E-state index in [-0.39, 0.29) is 0 Å². The summed E-state index contributed by atoms with van der Waals surface area (Å²) in [4.78, 5) is 29.9. The number of benzene rings is 17. The Morgan fingerprint density at radius 2 is 0.361 bits per heavy atom. The lowest BCUT2D eigenvalue weighted by molar-refractivity contribution is 1.07. The molecule has 558 valence electrons. The summed E-state index contributed by atoms with van der Waals surface area (Å²) in [5, 5.41) is 9.75. The van der Waals surface area contributed by atoms with Gasteiger partial charge in [-0.1, -0.05) is 303 Å². The fraction of sp³-hybridized carbons (Fsp3) is 0.00917. The summed E-state index contributed by atoms with van der Waals surface area (Å²) in [5.41, 5.74) is 27.7. The lowest BCUT2D eigenvalue weighted by atomic mass is 10.0. The second-order valence-electron chi connectivity index (χ2n) is 30.3. The monoisotopic (exact) mass is 1520 g/mol. The Hall–Kier alpha value is -16.0. The van der Waals surface area contributed by atoms with Gasteiger partial charge in [0.2, 0.25) is 0 Å². The molecule has 119 heavy (non-hydrogen) atoms. The molecule has 0 aliphatic heterocycles. The molecule has 0 aliphatic rings. The quantitative estimate of drug-likeness (QED) is 0.114. The van der Waals surface area contributed by atoms with Crippen molar-refractivity contribution in [2.45, 2.75) is 6.92 Å². The topological polar surface area (TPSA) is 97.1 Å². The van der Waals surface area contributed by atoms with Crippen molar-refractivity contribution in [2.75, 3.05) is 0 Å². The molecule has 10 heteroatoms. The molecule has 0 fully saturated rings. The maximum absolute atomic E-state index is 5.03. The average Bonchev–Trinajstić information content (AvgIpc) is 1.59. The molecule has 0 atom stereocenters. The van der Waals surface area contributed by atoms with Gasteiger partial charge in [0.05, 0.1) is 44.1 Å². The Kier molecular flexibility index (Phi) is 17.2. The summed E-state index contributed by atoms with van der Waals surface area (Å²) < 4.78 is 9.48. The van der Waals surface area contributed by atoms with Crippen LogP contribution in [0.25, 0.3) is 212 Å². The standard InChI is InChI=1S/C57H37N5.C52H35N5/c1-4-16-38(17-5-1)41-22-14-24-45(34-41)61-51-28-12-10-26-47(51)49-36-42(30-32-53(49)61)43-31-33-54-50(37-43)48-27-11-13-29-52(48)62(54)46-25-15-23-44(35-46)57-59-55(39-18-6-2-7-19-39)58-56(60-57)40-20-8-3-9-21-40;1-34-23-27-40(28-24-34)56-46-21-10-8-19-42(46)44-32-37(25-29-48(44)56)38-26-30-49-45(33-38)43-20-9-11-22-47(43)57(49)41-18-12-17-39(31-41)52-54-50(35-13-4-2-5-14-35)53-51(55-52)36-15-6-3-7-16-36/h1-37H;2-33H,1H3. The minimum atomic E-state index is 0.628. The number of aryl methyl sites for hydroxylation is 1. The molecule has 0 unspecified atom stereocenters. The van der Waals surface area contributed by atoms with Gasteiger partial charge >= 0.3 is 0 Å². The summed E-state index contributed by atoms with van der Waals surface area (Å²) in [6, 6.07) is 148. The van der Waals surface area contributed by atoms with Gasteiger partial charge < -0.3 is 18.3 Å². The number of fused-ring (bicyclic) bond motifs is 12. The van der Waals surface area contributed by atoms with Crippen LogP contribution < -0.4 is 0 Å². The van der Waals surface area contributed by atoms with Crippen molar-refractivity contribution in [3.8, 4) is 124 Å². The highest BCUT2D eigenvalue weighted by molar-refractivity contribution is 6.15. The first kappa shape index (κ1) is 69.7. The third kappa shape index (κ3) is 12.6. The van der Waals surface area contributed by atoms with Gasteiger partial charge in [-0.25, -0.2) is 29.9 Å². The number of rotatable bonds is 13. The van der Waals surface area contributed by atoms with Gasteiger partial charge in [-0.15, -0.1) is 0 Å². The van der Waals surface area contributed by atoms with E-state index in [4.69, 9.17) is 29.9 Å². The fourth-order valence-corrected chi connectivity index (χ4v) is 17.3. The Labute approximate surface area is 686 Å². The van der Waals surface area contributed by atoms with Gasteiger partial charge in [-0.2, -0.15) is 0 Å². The Bertz CT molecular complexity index is 7730. The smallest absolute Gasteiger partial charge is 0.164 e. The van der Waals surface area contributed by atoms with Crippen LogP contribution in [0, 0.1) is 6.92 Å². The van der Waals surface area contributed by atoms with Crippen molar-refractivity contribution in [1.29, 1.82) is 0 Å². The van der Waals surface area contributed by atoms with E-state index in [1.54, 1.807) is 0 Å². The molecule has 6 heterocycles. The zero-order valence-corrected chi connectivity index (χ0v) is 64.8. The number of aromatic nitrogens is 10. The lowest BCUT2D eigenvalue weighted by Crippen LogP contribution is -2.01. The highest BCUT2D eigenvalue weighted by Crippen LogP contribution is 2.43. The predicted molar refractivity (Wildman–Crippen MR) is 491 cm³/mol. The van der Waals surface area contributed by atoms with Crippen LogP contribution in [0.1, 0.15) is 5.56 Å². The minimum absolute atomic E-state index is 0.628. The van der Waals surface area contributed by atoms with Gasteiger partial charge in [-0.3, -0.25) is 0 Å². The van der Waals surface area contributed by atoms with Crippen LogP contribution in [-0.4, -0.2) is 48.2 Å². The van der Waals surface area contributed by atoms with Gasteiger partial charge in [0.1, 0.15) is 0 Å². The van der Waals surface area contributed by atoms with Crippen molar-refractivity contribution in [3.63, 3.8) is 0 Å². The molecule has 0 N–H and O–H groups in total. The number of hydrogen-bond acceptors (Lipinski definition) is 6. The second kappa shape index (κ2) is 29.4. The van der Waals surface area contributed by atoms with Crippen molar-refractivity contribution in [3.05, 3.63) is 424 Å². The van der Waals surface area contributed by atoms with Gasteiger partial charge in [0, 0.05) is 99.2 Å². The Morgan fingerprint density at radius 1 is 0.143 bits per heavy atom. The van der Waals surface area contributed by atoms with Gasteiger partial charge in [-0.05, 0) is 162 Å². The summed E-state index contributed by atoms with van der Waals surface area (Å²) in [6.07, 6.45) is 0. The van der Waals surface area contributed by atoms with E-state index in [9.17, 15) is 0 Å². The van der Waals surface area contributed by atoms with Crippen LogP contribution in [0.4, 0.5) is 0 Å². The van der Waals surface area contributed by atoms with Crippen LogP contribution in [0.5, 0.6) is 0 Å². The molecule has 6 aromatic heterocycles. The van der Waals surface area contributed by atoms with E-state index in [2.05, 4.69) is 322 Å². The zero-order chi connectivity index (χ0) is 78.9. The first-order chi connectivity index (χ1) is 58.9. The molecule has 0 amide bonds. The Morgan fingerprint density at radius 3 is 0.664 bits per heavy atom. The normalized spacial score (nSPS) is 11.6. The molecular formula is C109H72N10. The van der Waals surface area contributed by atoms with Crippen molar-refractivity contribution < 1.29 is 0 Å². The van der Waals surface area contributed by atoms with E-state index in [0.29, 0.717) is 34.9 Å². The number of para-hydroxylation sites is 4. The van der Waals surface area contributed by atoms with Gasteiger partial charge in [0.15, 0.2) is 34.9 Å². The molecule has 0 spiro atoms. The van der Waals surface area contributed by atoms with Crippen molar-refractivity contribution in [2.24, 2.45) is 0 Å². The van der Waals surface area contributed by atoms with Crippen LogP contribution in [0.15, 0.2) is 419 Å². The van der Waals surface area contributed by atoms with Gasteiger partial charge in [0.25, 0.3) is 0 Å². The van der Waals surface area contributed by atoms with E-state index in [0.717, 1.165) is 72.5 Å². The van der Waals surface area contributed by atoms with Crippen LogP contribution in [-0.2, 0) is 0 Å². The second-order valence-corrected chi connectivity index (χ2v) is 30.3. The molecule has 10 nitrogen and oxygen atoms in total. The maximum atomic E-state index is 5.03.